The molecule has 1 aliphatic heterocycles. The zero-order valence-electron chi connectivity index (χ0n) is 15.3. The second-order valence-corrected chi connectivity index (χ2v) is 9.30. The third-order valence-electron chi connectivity index (χ3n) is 5.42. The smallest absolute Gasteiger partial charge is 0.306 e. The summed E-state index contributed by atoms with van der Waals surface area (Å²) in [5.74, 6) is -1.62. The SMILES string of the molecule is O=C(N[C@@H]1CC[C@H](C(=O)O)C1)c1cccc(S(=O)(=O)N2CCCCCC2)c1. The fraction of sp³-hybridized carbons (Fsp3) is 0.579. The minimum atomic E-state index is -3.61. The van der Waals surface area contributed by atoms with Crippen LogP contribution in [0.2, 0.25) is 0 Å². The lowest BCUT2D eigenvalue weighted by Gasteiger charge is -2.20. The van der Waals surface area contributed by atoms with Gasteiger partial charge in [0.15, 0.2) is 0 Å². The van der Waals surface area contributed by atoms with E-state index >= 15 is 0 Å². The Balaban J connectivity index is 1.71. The quantitative estimate of drug-likeness (QED) is 0.797. The van der Waals surface area contributed by atoms with Crippen molar-refractivity contribution in [1.82, 2.24) is 9.62 Å². The molecule has 0 aromatic heterocycles. The Morgan fingerprint density at radius 2 is 1.78 bits per heavy atom. The minimum Gasteiger partial charge on any atom is -0.481 e. The van der Waals surface area contributed by atoms with E-state index in [0.717, 1.165) is 25.7 Å². The van der Waals surface area contributed by atoms with E-state index in [2.05, 4.69) is 5.32 Å². The molecule has 27 heavy (non-hydrogen) atoms. The first-order chi connectivity index (χ1) is 12.9. The molecule has 0 radical (unpaired) electrons. The minimum absolute atomic E-state index is 0.131. The number of nitrogens with zero attached hydrogens (tertiary/aromatic N) is 1. The summed E-state index contributed by atoms with van der Waals surface area (Å²) in [6, 6.07) is 5.91. The van der Waals surface area contributed by atoms with Crippen molar-refractivity contribution in [3.63, 3.8) is 0 Å². The first-order valence-corrected chi connectivity index (χ1v) is 11.0. The Morgan fingerprint density at radius 3 is 2.41 bits per heavy atom. The highest BCUT2D eigenvalue weighted by atomic mass is 32.2. The highest BCUT2D eigenvalue weighted by Gasteiger charge is 2.31. The van der Waals surface area contributed by atoms with Crippen LogP contribution in [-0.4, -0.2) is 48.8 Å². The number of carboxylic acids is 1. The number of carbonyl (C=O) groups excluding carboxylic acids is 1. The highest BCUT2D eigenvalue weighted by Crippen LogP contribution is 2.26. The largest absolute Gasteiger partial charge is 0.481 e. The van der Waals surface area contributed by atoms with E-state index in [1.54, 1.807) is 12.1 Å². The van der Waals surface area contributed by atoms with Gasteiger partial charge in [0.05, 0.1) is 10.8 Å². The van der Waals surface area contributed by atoms with Crippen LogP contribution < -0.4 is 5.32 Å². The van der Waals surface area contributed by atoms with Crippen LogP contribution in [-0.2, 0) is 14.8 Å². The molecule has 1 amide bonds. The van der Waals surface area contributed by atoms with Gasteiger partial charge in [-0.05, 0) is 50.3 Å². The molecule has 8 heteroatoms. The van der Waals surface area contributed by atoms with E-state index in [4.69, 9.17) is 5.11 Å². The maximum Gasteiger partial charge on any atom is 0.306 e. The van der Waals surface area contributed by atoms with Gasteiger partial charge < -0.3 is 10.4 Å². The Bertz CT molecular complexity index is 800. The van der Waals surface area contributed by atoms with Crippen LogP contribution in [0.4, 0.5) is 0 Å². The zero-order chi connectivity index (χ0) is 19.4. The molecule has 1 saturated carbocycles. The average molecular weight is 394 g/mol. The summed E-state index contributed by atoms with van der Waals surface area (Å²) in [5, 5.41) is 11.9. The molecule has 1 aromatic rings. The van der Waals surface area contributed by atoms with Crippen LogP contribution in [0.5, 0.6) is 0 Å². The number of hydrogen-bond acceptors (Lipinski definition) is 4. The molecule has 7 nitrogen and oxygen atoms in total. The number of amides is 1. The van der Waals surface area contributed by atoms with E-state index in [1.807, 2.05) is 0 Å². The summed E-state index contributed by atoms with van der Waals surface area (Å²) < 4.78 is 27.3. The van der Waals surface area contributed by atoms with Gasteiger partial charge in [-0.2, -0.15) is 4.31 Å². The van der Waals surface area contributed by atoms with Crippen LogP contribution in [0.15, 0.2) is 29.2 Å². The molecule has 2 N–H and O–H groups in total. The van der Waals surface area contributed by atoms with Crippen LogP contribution in [0, 0.1) is 5.92 Å². The van der Waals surface area contributed by atoms with Gasteiger partial charge in [0.2, 0.25) is 10.0 Å². The number of rotatable bonds is 5. The van der Waals surface area contributed by atoms with Gasteiger partial charge in [-0.15, -0.1) is 0 Å². The maximum atomic E-state index is 12.9. The Hall–Kier alpha value is -1.93. The predicted molar refractivity (Wildman–Crippen MR) is 99.9 cm³/mol. The highest BCUT2D eigenvalue weighted by molar-refractivity contribution is 7.89. The van der Waals surface area contributed by atoms with Gasteiger partial charge in [-0.1, -0.05) is 18.9 Å². The summed E-state index contributed by atoms with van der Waals surface area (Å²) >= 11 is 0. The van der Waals surface area contributed by atoms with E-state index in [9.17, 15) is 18.0 Å². The fourth-order valence-corrected chi connectivity index (χ4v) is 5.40. The molecule has 2 atom stereocenters. The normalized spacial score (nSPS) is 24.3. The number of hydrogen-bond donors (Lipinski definition) is 2. The van der Waals surface area contributed by atoms with Crippen molar-refractivity contribution in [2.75, 3.05) is 13.1 Å². The molecule has 0 bridgehead atoms. The van der Waals surface area contributed by atoms with Gasteiger partial charge in [-0.3, -0.25) is 9.59 Å². The lowest BCUT2D eigenvalue weighted by atomic mass is 10.1. The van der Waals surface area contributed by atoms with Gasteiger partial charge in [0.1, 0.15) is 0 Å². The van der Waals surface area contributed by atoms with E-state index in [0.29, 0.717) is 32.4 Å². The molecule has 0 unspecified atom stereocenters. The molecule has 1 heterocycles. The number of carboxylic acid groups (broad SMARTS) is 1. The molecule has 148 valence electrons. The number of aliphatic carboxylic acids is 1. The van der Waals surface area contributed by atoms with Crippen LogP contribution in [0.25, 0.3) is 0 Å². The molecular weight excluding hydrogens is 368 g/mol. The standard InChI is InChI=1S/C19H26N2O5S/c22-18(20-16-9-8-15(12-16)19(23)24)14-6-5-7-17(13-14)27(25,26)21-10-3-1-2-4-11-21/h5-7,13,15-16H,1-4,8-12H2,(H,20,22)(H,23,24)/t15-,16+/m0/s1. The van der Waals surface area contributed by atoms with Crippen molar-refractivity contribution in [2.24, 2.45) is 5.92 Å². The molecule has 0 spiro atoms. The van der Waals surface area contributed by atoms with Crippen molar-refractivity contribution in [2.45, 2.75) is 55.9 Å². The molecule has 1 saturated heterocycles. The molecule has 2 aliphatic rings. The first kappa shape index (κ1) is 19.8. The number of carbonyl (C=O) groups is 2. The molecule has 1 aromatic carbocycles. The molecule has 2 fully saturated rings. The third-order valence-corrected chi connectivity index (χ3v) is 7.31. The number of benzene rings is 1. The van der Waals surface area contributed by atoms with E-state index in [1.165, 1.54) is 16.4 Å². The summed E-state index contributed by atoms with van der Waals surface area (Å²) in [7, 11) is -3.61. The summed E-state index contributed by atoms with van der Waals surface area (Å²) in [4.78, 5) is 23.7. The second kappa shape index (κ2) is 8.39. The Morgan fingerprint density at radius 1 is 1.07 bits per heavy atom. The number of nitrogens with one attached hydrogen (secondary N) is 1. The van der Waals surface area contributed by atoms with E-state index in [-0.39, 0.29) is 22.4 Å². The lowest BCUT2D eigenvalue weighted by Crippen LogP contribution is -2.34. The van der Waals surface area contributed by atoms with Crippen molar-refractivity contribution >= 4 is 21.9 Å². The first-order valence-electron chi connectivity index (χ1n) is 9.52. The second-order valence-electron chi connectivity index (χ2n) is 7.36. The van der Waals surface area contributed by atoms with E-state index < -0.39 is 21.9 Å². The zero-order valence-corrected chi connectivity index (χ0v) is 16.1. The van der Waals surface area contributed by atoms with Crippen LogP contribution in [0.1, 0.15) is 55.3 Å². The van der Waals surface area contributed by atoms with Crippen molar-refractivity contribution in [3.05, 3.63) is 29.8 Å². The topological polar surface area (TPSA) is 104 Å². The fourth-order valence-electron chi connectivity index (χ4n) is 3.83. The predicted octanol–water partition coefficient (Wildman–Crippen LogP) is 2.23. The third kappa shape index (κ3) is 4.68. The molecule has 1 aliphatic carbocycles. The van der Waals surface area contributed by atoms with Crippen molar-refractivity contribution in [1.29, 1.82) is 0 Å². The molecule has 3 rings (SSSR count). The Labute approximate surface area is 159 Å². The van der Waals surface area contributed by atoms with Gasteiger partial charge in [0, 0.05) is 24.7 Å². The van der Waals surface area contributed by atoms with Gasteiger partial charge >= 0.3 is 5.97 Å². The average Bonchev–Trinajstić information content (AvgIpc) is 2.94. The van der Waals surface area contributed by atoms with Crippen molar-refractivity contribution in [3.8, 4) is 0 Å². The van der Waals surface area contributed by atoms with Crippen LogP contribution in [0.3, 0.4) is 0 Å². The summed E-state index contributed by atoms with van der Waals surface area (Å²) in [5.41, 5.74) is 0.282. The number of sulfonamides is 1. The molecular formula is C19H26N2O5S. The lowest BCUT2D eigenvalue weighted by molar-refractivity contribution is -0.141. The summed E-state index contributed by atoms with van der Waals surface area (Å²) in [6.07, 6.45) is 5.35. The van der Waals surface area contributed by atoms with Crippen molar-refractivity contribution < 1.29 is 23.1 Å². The van der Waals surface area contributed by atoms with Gasteiger partial charge in [0.25, 0.3) is 5.91 Å². The van der Waals surface area contributed by atoms with Gasteiger partial charge in [-0.25, -0.2) is 8.42 Å². The summed E-state index contributed by atoms with van der Waals surface area (Å²) in [6.45, 7) is 1.02. The Kier molecular flexibility index (Phi) is 6.16. The maximum absolute atomic E-state index is 12.9. The monoisotopic (exact) mass is 394 g/mol. The van der Waals surface area contributed by atoms with Crippen LogP contribution >= 0.6 is 0 Å².